The number of hydrogen-bond acceptors (Lipinski definition) is 3. The minimum absolute atomic E-state index is 0.326. The standard InChI is InChI=1S/C15H28N4/c1-10(2)13-12(16)14(19(5)18-13)17-11-8-6-7-9-15(11,3)4/h10-11,17H,6-9,16H2,1-5H3. The first-order valence-corrected chi connectivity index (χ1v) is 7.42. The van der Waals surface area contributed by atoms with Gasteiger partial charge in [-0.15, -0.1) is 0 Å². The van der Waals surface area contributed by atoms with Gasteiger partial charge in [0.2, 0.25) is 0 Å². The van der Waals surface area contributed by atoms with E-state index in [9.17, 15) is 0 Å². The Bertz CT molecular complexity index is 445. The summed E-state index contributed by atoms with van der Waals surface area (Å²) in [6.45, 7) is 8.96. The second-order valence-corrected chi connectivity index (χ2v) is 6.86. The van der Waals surface area contributed by atoms with Crippen molar-refractivity contribution in [3.63, 3.8) is 0 Å². The van der Waals surface area contributed by atoms with Crippen LogP contribution in [0.5, 0.6) is 0 Å². The summed E-state index contributed by atoms with van der Waals surface area (Å²) in [5.41, 5.74) is 8.41. The van der Waals surface area contributed by atoms with Gasteiger partial charge in [0.25, 0.3) is 0 Å². The van der Waals surface area contributed by atoms with Crippen molar-refractivity contribution in [3.8, 4) is 0 Å². The fraction of sp³-hybridized carbons (Fsp3) is 0.800. The summed E-state index contributed by atoms with van der Waals surface area (Å²) in [6, 6.07) is 0.485. The monoisotopic (exact) mass is 264 g/mol. The van der Waals surface area contributed by atoms with Gasteiger partial charge in [0.05, 0.1) is 11.4 Å². The highest BCUT2D eigenvalue weighted by molar-refractivity contribution is 5.66. The molecule has 0 spiro atoms. The zero-order chi connectivity index (χ0) is 14.2. The van der Waals surface area contributed by atoms with Crippen LogP contribution in [0.25, 0.3) is 0 Å². The molecule has 1 aliphatic rings. The Morgan fingerprint density at radius 3 is 2.58 bits per heavy atom. The molecule has 1 aromatic rings. The van der Waals surface area contributed by atoms with Crippen LogP contribution in [0.15, 0.2) is 0 Å². The fourth-order valence-corrected chi connectivity index (χ4v) is 3.09. The van der Waals surface area contributed by atoms with E-state index in [4.69, 9.17) is 5.73 Å². The first-order chi connectivity index (χ1) is 8.83. The van der Waals surface area contributed by atoms with Crippen molar-refractivity contribution in [1.82, 2.24) is 9.78 Å². The summed E-state index contributed by atoms with van der Waals surface area (Å²) in [6.07, 6.45) is 5.13. The van der Waals surface area contributed by atoms with E-state index in [-0.39, 0.29) is 0 Å². The average Bonchev–Trinajstić information content (AvgIpc) is 2.59. The van der Waals surface area contributed by atoms with E-state index in [1.807, 2.05) is 11.7 Å². The van der Waals surface area contributed by atoms with Crippen molar-refractivity contribution in [2.24, 2.45) is 12.5 Å². The summed E-state index contributed by atoms with van der Waals surface area (Å²) in [7, 11) is 1.97. The van der Waals surface area contributed by atoms with Crippen molar-refractivity contribution in [2.45, 2.75) is 65.3 Å². The van der Waals surface area contributed by atoms with Gasteiger partial charge in [0.1, 0.15) is 5.82 Å². The average molecular weight is 264 g/mol. The van der Waals surface area contributed by atoms with Crippen LogP contribution in [0.3, 0.4) is 0 Å². The second-order valence-electron chi connectivity index (χ2n) is 6.86. The number of nitrogens with zero attached hydrogens (tertiary/aromatic N) is 2. The van der Waals surface area contributed by atoms with Crippen LogP contribution < -0.4 is 11.1 Å². The van der Waals surface area contributed by atoms with Crippen molar-refractivity contribution in [2.75, 3.05) is 11.1 Å². The molecule has 19 heavy (non-hydrogen) atoms. The molecule has 0 amide bonds. The van der Waals surface area contributed by atoms with Gasteiger partial charge in [-0.1, -0.05) is 40.5 Å². The largest absolute Gasteiger partial charge is 0.394 e. The summed E-state index contributed by atoms with van der Waals surface area (Å²) in [5, 5.41) is 8.21. The predicted molar refractivity (Wildman–Crippen MR) is 81.4 cm³/mol. The lowest BCUT2D eigenvalue weighted by Crippen LogP contribution is -2.39. The number of aryl methyl sites for hydroxylation is 1. The molecule has 1 unspecified atom stereocenters. The lowest BCUT2D eigenvalue weighted by Gasteiger charge is -2.39. The molecule has 1 aliphatic carbocycles. The number of aromatic nitrogens is 2. The van der Waals surface area contributed by atoms with Crippen LogP contribution in [0.4, 0.5) is 11.5 Å². The van der Waals surface area contributed by atoms with E-state index in [0.717, 1.165) is 17.2 Å². The molecule has 108 valence electrons. The SMILES string of the molecule is CC(C)c1nn(C)c(NC2CCCCC2(C)C)c1N. The zero-order valence-corrected chi connectivity index (χ0v) is 13.0. The van der Waals surface area contributed by atoms with Crippen LogP contribution in [0.2, 0.25) is 0 Å². The molecule has 1 heterocycles. The number of nitrogens with two attached hydrogens (primary N) is 1. The molecule has 1 atom stereocenters. The van der Waals surface area contributed by atoms with Crippen LogP contribution in [0.1, 0.15) is 65.0 Å². The third kappa shape index (κ3) is 2.72. The molecular formula is C15H28N4. The van der Waals surface area contributed by atoms with Gasteiger partial charge in [-0.05, 0) is 24.2 Å². The molecule has 1 aromatic heterocycles. The Kier molecular flexibility index (Phi) is 3.79. The maximum absolute atomic E-state index is 6.27. The molecule has 1 fully saturated rings. The summed E-state index contributed by atoms with van der Waals surface area (Å²) in [4.78, 5) is 0. The van der Waals surface area contributed by atoms with Gasteiger partial charge < -0.3 is 11.1 Å². The van der Waals surface area contributed by atoms with Gasteiger partial charge >= 0.3 is 0 Å². The van der Waals surface area contributed by atoms with Crippen LogP contribution in [-0.2, 0) is 7.05 Å². The molecule has 4 heteroatoms. The molecule has 0 radical (unpaired) electrons. The quantitative estimate of drug-likeness (QED) is 0.878. The first-order valence-electron chi connectivity index (χ1n) is 7.42. The molecular weight excluding hydrogens is 236 g/mol. The highest BCUT2D eigenvalue weighted by Gasteiger charge is 2.33. The molecule has 3 N–H and O–H groups in total. The van der Waals surface area contributed by atoms with Crippen molar-refractivity contribution < 1.29 is 0 Å². The van der Waals surface area contributed by atoms with E-state index < -0.39 is 0 Å². The van der Waals surface area contributed by atoms with Crippen molar-refractivity contribution in [1.29, 1.82) is 0 Å². The summed E-state index contributed by atoms with van der Waals surface area (Å²) in [5.74, 6) is 1.35. The second kappa shape index (κ2) is 5.06. The number of hydrogen-bond donors (Lipinski definition) is 2. The Morgan fingerprint density at radius 2 is 2.05 bits per heavy atom. The first kappa shape index (κ1) is 14.2. The predicted octanol–water partition coefficient (Wildman–Crippen LogP) is 3.51. The van der Waals surface area contributed by atoms with Gasteiger partial charge in [0, 0.05) is 13.1 Å². The Hall–Kier alpha value is -1.19. The Morgan fingerprint density at radius 1 is 1.37 bits per heavy atom. The third-order valence-corrected chi connectivity index (χ3v) is 4.48. The summed E-state index contributed by atoms with van der Waals surface area (Å²) >= 11 is 0. The molecule has 0 saturated heterocycles. The highest BCUT2D eigenvalue weighted by atomic mass is 15.3. The summed E-state index contributed by atoms with van der Waals surface area (Å²) < 4.78 is 1.90. The maximum atomic E-state index is 6.27. The van der Waals surface area contributed by atoms with Gasteiger partial charge in [-0.25, -0.2) is 0 Å². The number of anilines is 2. The number of rotatable bonds is 3. The van der Waals surface area contributed by atoms with Crippen LogP contribution in [0, 0.1) is 5.41 Å². The van der Waals surface area contributed by atoms with Crippen molar-refractivity contribution >= 4 is 11.5 Å². The Balaban J connectivity index is 2.23. The topological polar surface area (TPSA) is 55.9 Å². The van der Waals surface area contributed by atoms with Gasteiger partial charge in [-0.3, -0.25) is 4.68 Å². The van der Waals surface area contributed by atoms with Gasteiger partial charge in [0.15, 0.2) is 0 Å². The molecule has 2 rings (SSSR count). The normalized spacial score (nSPS) is 22.7. The highest BCUT2D eigenvalue weighted by Crippen LogP contribution is 2.38. The minimum Gasteiger partial charge on any atom is -0.394 e. The molecule has 1 saturated carbocycles. The van der Waals surface area contributed by atoms with E-state index in [1.165, 1.54) is 25.7 Å². The van der Waals surface area contributed by atoms with E-state index in [0.29, 0.717) is 17.4 Å². The molecule has 0 bridgehead atoms. The number of nitrogen functional groups attached to an aromatic ring is 1. The lowest BCUT2D eigenvalue weighted by atomic mass is 9.73. The van der Waals surface area contributed by atoms with Crippen molar-refractivity contribution in [3.05, 3.63) is 5.69 Å². The molecule has 4 nitrogen and oxygen atoms in total. The molecule has 0 aromatic carbocycles. The third-order valence-electron chi connectivity index (χ3n) is 4.48. The smallest absolute Gasteiger partial charge is 0.148 e. The van der Waals surface area contributed by atoms with Gasteiger partial charge in [-0.2, -0.15) is 5.10 Å². The Labute approximate surface area is 116 Å². The maximum Gasteiger partial charge on any atom is 0.148 e. The van der Waals surface area contributed by atoms with E-state index >= 15 is 0 Å². The van der Waals surface area contributed by atoms with Crippen LogP contribution >= 0.6 is 0 Å². The van der Waals surface area contributed by atoms with Crippen LogP contribution in [-0.4, -0.2) is 15.8 Å². The zero-order valence-electron chi connectivity index (χ0n) is 13.0. The molecule has 0 aliphatic heterocycles. The van der Waals surface area contributed by atoms with E-state index in [2.05, 4.69) is 38.1 Å². The fourth-order valence-electron chi connectivity index (χ4n) is 3.09. The lowest BCUT2D eigenvalue weighted by molar-refractivity contribution is 0.216. The van der Waals surface area contributed by atoms with E-state index in [1.54, 1.807) is 0 Å². The minimum atomic E-state index is 0.326. The number of nitrogens with one attached hydrogen (secondary N) is 1.